The average molecular weight is 271 g/mol. The molecule has 1 rings (SSSR count). The number of amides is 1. The predicted molar refractivity (Wildman–Crippen MR) is 68.4 cm³/mol. The summed E-state index contributed by atoms with van der Waals surface area (Å²) in [6.07, 6.45) is 0. The van der Waals surface area contributed by atoms with Crippen molar-refractivity contribution in [3.63, 3.8) is 0 Å². The third kappa shape index (κ3) is 5.65. The summed E-state index contributed by atoms with van der Waals surface area (Å²) in [5.41, 5.74) is 0.996. The van der Waals surface area contributed by atoms with Gasteiger partial charge in [-0.1, -0.05) is 23.7 Å². The third-order valence-electron chi connectivity index (χ3n) is 2.19. The lowest BCUT2D eigenvalue weighted by Crippen LogP contribution is -2.37. The van der Waals surface area contributed by atoms with E-state index in [0.717, 1.165) is 5.56 Å². The predicted octanol–water partition coefficient (Wildman–Crippen LogP) is 0.973. The number of nitrogens with zero attached hydrogens (tertiary/aromatic N) is 1. The number of carboxylic acids is 1. The molecular weight excluding hydrogens is 256 g/mol. The molecule has 1 amide bonds. The SMILES string of the molecule is CN(CC(=O)NCC(=O)O)Cc1cccc(Cl)c1. The van der Waals surface area contributed by atoms with Crippen molar-refractivity contribution in [2.24, 2.45) is 0 Å². The minimum atomic E-state index is -1.05. The first-order valence-corrected chi connectivity index (χ1v) is 5.76. The van der Waals surface area contributed by atoms with Crippen molar-refractivity contribution >= 4 is 23.5 Å². The third-order valence-corrected chi connectivity index (χ3v) is 2.43. The second-order valence-electron chi connectivity index (χ2n) is 3.97. The summed E-state index contributed by atoms with van der Waals surface area (Å²) in [6.45, 7) is 0.352. The first-order chi connectivity index (χ1) is 8.47. The number of hydrogen-bond donors (Lipinski definition) is 2. The van der Waals surface area contributed by atoms with Crippen LogP contribution in [0.25, 0.3) is 0 Å². The molecule has 0 saturated heterocycles. The maximum absolute atomic E-state index is 11.4. The van der Waals surface area contributed by atoms with Crippen molar-refractivity contribution in [1.29, 1.82) is 0 Å². The van der Waals surface area contributed by atoms with Crippen molar-refractivity contribution in [2.75, 3.05) is 20.1 Å². The number of hydrogen-bond acceptors (Lipinski definition) is 3. The Labute approximate surface area is 110 Å². The molecule has 0 aromatic heterocycles. The Kier molecular flexibility index (Phi) is 5.61. The Balaban J connectivity index is 2.39. The summed E-state index contributed by atoms with van der Waals surface area (Å²) in [5.74, 6) is -1.37. The number of carbonyl (C=O) groups is 2. The Morgan fingerprint density at radius 3 is 2.78 bits per heavy atom. The monoisotopic (exact) mass is 270 g/mol. The van der Waals surface area contributed by atoms with E-state index < -0.39 is 5.97 Å². The molecule has 0 unspecified atom stereocenters. The fraction of sp³-hybridized carbons (Fsp3) is 0.333. The zero-order chi connectivity index (χ0) is 13.5. The molecule has 1 aromatic rings. The van der Waals surface area contributed by atoms with Gasteiger partial charge in [-0.15, -0.1) is 0 Å². The molecule has 1 aromatic carbocycles. The van der Waals surface area contributed by atoms with Gasteiger partial charge in [0.05, 0.1) is 6.54 Å². The van der Waals surface area contributed by atoms with Gasteiger partial charge in [0.2, 0.25) is 5.91 Å². The lowest BCUT2D eigenvalue weighted by Gasteiger charge is -2.16. The summed E-state index contributed by atoms with van der Waals surface area (Å²) in [4.78, 5) is 23.4. The smallest absolute Gasteiger partial charge is 0.322 e. The van der Waals surface area contributed by atoms with Gasteiger partial charge in [0.25, 0.3) is 0 Å². The molecule has 0 heterocycles. The summed E-state index contributed by atoms with van der Waals surface area (Å²) >= 11 is 5.86. The van der Waals surface area contributed by atoms with Gasteiger partial charge in [-0.25, -0.2) is 0 Å². The molecule has 0 aliphatic heterocycles. The second-order valence-corrected chi connectivity index (χ2v) is 4.41. The van der Waals surface area contributed by atoms with E-state index in [0.29, 0.717) is 11.6 Å². The molecule has 0 bridgehead atoms. The van der Waals surface area contributed by atoms with Crippen LogP contribution in [0.4, 0.5) is 0 Å². The van der Waals surface area contributed by atoms with Crippen LogP contribution in [-0.4, -0.2) is 42.0 Å². The summed E-state index contributed by atoms with van der Waals surface area (Å²) in [6, 6.07) is 7.37. The number of carboxylic acid groups (broad SMARTS) is 1. The highest BCUT2D eigenvalue weighted by Gasteiger charge is 2.08. The highest BCUT2D eigenvalue weighted by molar-refractivity contribution is 6.30. The van der Waals surface area contributed by atoms with Crippen LogP contribution in [0.2, 0.25) is 5.02 Å². The number of carbonyl (C=O) groups excluding carboxylic acids is 1. The Morgan fingerprint density at radius 1 is 1.44 bits per heavy atom. The normalized spacial score (nSPS) is 10.4. The van der Waals surface area contributed by atoms with Crippen LogP contribution in [-0.2, 0) is 16.1 Å². The van der Waals surface area contributed by atoms with Gasteiger partial charge in [-0.05, 0) is 24.7 Å². The molecule has 18 heavy (non-hydrogen) atoms. The maximum Gasteiger partial charge on any atom is 0.322 e. The quantitative estimate of drug-likeness (QED) is 0.808. The zero-order valence-electron chi connectivity index (χ0n) is 10.0. The first-order valence-electron chi connectivity index (χ1n) is 5.39. The molecule has 0 saturated carbocycles. The Morgan fingerprint density at radius 2 is 2.17 bits per heavy atom. The van der Waals surface area contributed by atoms with Crippen LogP contribution in [0, 0.1) is 0 Å². The lowest BCUT2D eigenvalue weighted by atomic mass is 10.2. The van der Waals surface area contributed by atoms with Crippen molar-refractivity contribution in [3.05, 3.63) is 34.9 Å². The topological polar surface area (TPSA) is 69.6 Å². The van der Waals surface area contributed by atoms with E-state index in [1.807, 2.05) is 18.2 Å². The van der Waals surface area contributed by atoms with Crippen molar-refractivity contribution in [3.8, 4) is 0 Å². The number of rotatable bonds is 6. The molecule has 98 valence electrons. The molecule has 2 N–H and O–H groups in total. The van der Waals surface area contributed by atoms with Crippen LogP contribution in [0.5, 0.6) is 0 Å². The van der Waals surface area contributed by atoms with E-state index in [9.17, 15) is 9.59 Å². The van der Waals surface area contributed by atoms with Gasteiger partial charge in [-0.2, -0.15) is 0 Å². The molecule has 0 radical (unpaired) electrons. The molecule has 0 atom stereocenters. The van der Waals surface area contributed by atoms with E-state index in [4.69, 9.17) is 16.7 Å². The summed E-state index contributed by atoms with van der Waals surface area (Å²) in [5, 5.41) is 11.4. The highest BCUT2D eigenvalue weighted by atomic mass is 35.5. The van der Waals surface area contributed by atoms with Crippen LogP contribution in [0.1, 0.15) is 5.56 Å². The molecule has 0 fully saturated rings. The molecule has 0 aliphatic rings. The van der Waals surface area contributed by atoms with E-state index in [2.05, 4.69) is 5.32 Å². The minimum absolute atomic E-state index is 0.139. The fourth-order valence-electron chi connectivity index (χ4n) is 1.48. The van der Waals surface area contributed by atoms with Gasteiger partial charge in [0.1, 0.15) is 6.54 Å². The Bertz CT molecular complexity index is 437. The number of halogens is 1. The number of nitrogens with one attached hydrogen (secondary N) is 1. The Hall–Kier alpha value is -1.59. The van der Waals surface area contributed by atoms with Crippen molar-refractivity contribution in [2.45, 2.75) is 6.54 Å². The van der Waals surface area contributed by atoms with Gasteiger partial charge in [-0.3, -0.25) is 14.5 Å². The average Bonchev–Trinajstić information content (AvgIpc) is 2.26. The molecule has 6 heteroatoms. The molecule has 5 nitrogen and oxygen atoms in total. The lowest BCUT2D eigenvalue weighted by molar-refractivity contribution is -0.138. The van der Waals surface area contributed by atoms with Gasteiger partial charge in [0, 0.05) is 11.6 Å². The van der Waals surface area contributed by atoms with Gasteiger partial charge >= 0.3 is 5.97 Å². The molecule has 0 spiro atoms. The summed E-state index contributed by atoms with van der Waals surface area (Å²) in [7, 11) is 1.78. The fourth-order valence-corrected chi connectivity index (χ4v) is 1.69. The first kappa shape index (κ1) is 14.5. The van der Waals surface area contributed by atoms with Crippen LogP contribution < -0.4 is 5.32 Å². The zero-order valence-corrected chi connectivity index (χ0v) is 10.8. The van der Waals surface area contributed by atoms with Crippen molar-refractivity contribution in [1.82, 2.24) is 10.2 Å². The van der Waals surface area contributed by atoms with E-state index in [-0.39, 0.29) is 19.0 Å². The minimum Gasteiger partial charge on any atom is -0.480 e. The highest BCUT2D eigenvalue weighted by Crippen LogP contribution is 2.11. The number of aliphatic carboxylic acids is 1. The number of benzene rings is 1. The maximum atomic E-state index is 11.4. The molecule has 0 aliphatic carbocycles. The van der Waals surface area contributed by atoms with Gasteiger partial charge in [0.15, 0.2) is 0 Å². The standard InChI is InChI=1S/C12H15ClN2O3/c1-15(8-11(16)14-6-12(17)18)7-9-3-2-4-10(13)5-9/h2-5H,6-8H2,1H3,(H,14,16)(H,17,18). The van der Waals surface area contributed by atoms with E-state index in [1.165, 1.54) is 0 Å². The largest absolute Gasteiger partial charge is 0.480 e. The summed E-state index contributed by atoms with van der Waals surface area (Å²) < 4.78 is 0. The van der Waals surface area contributed by atoms with Crippen LogP contribution in [0.3, 0.4) is 0 Å². The van der Waals surface area contributed by atoms with E-state index in [1.54, 1.807) is 18.0 Å². The van der Waals surface area contributed by atoms with Crippen LogP contribution in [0.15, 0.2) is 24.3 Å². The van der Waals surface area contributed by atoms with Crippen molar-refractivity contribution < 1.29 is 14.7 Å². The van der Waals surface area contributed by atoms with E-state index >= 15 is 0 Å². The second kappa shape index (κ2) is 6.98. The van der Waals surface area contributed by atoms with Crippen LogP contribution >= 0.6 is 11.6 Å². The molecular formula is C12H15ClN2O3. The number of likely N-dealkylation sites (N-methyl/N-ethyl adjacent to an activating group) is 1. The van der Waals surface area contributed by atoms with Gasteiger partial charge < -0.3 is 10.4 Å².